The van der Waals surface area contributed by atoms with Gasteiger partial charge in [-0.25, -0.2) is 9.78 Å². The molecule has 1 aromatic carbocycles. The lowest BCUT2D eigenvalue weighted by Crippen LogP contribution is -1.92. The van der Waals surface area contributed by atoms with Crippen LogP contribution >= 0.6 is 27.3 Å². The number of methoxy groups -OCH3 is 1. The van der Waals surface area contributed by atoms with Crippen molar-refractivity contribution in [2.24, 2.45) is 0 Å². The molecule has 0 aliphatic heterocycles. The summed E-state index contributed by atoms with van der Waals surface area (Å²) in [5.41, 5.74) is 0.764. The molecule has 0 aliphatic rings. The van der Waals surface area contributed by atoms with Gasteiger partial charge in [-0.2, -0.15) is 0 Å². The first-order chi connectivity index (χ1) is 8.60. The van der Waals surface area contributed by atoms with Crippen molar-refractivity contribution in [1.82, 2.24) is 4.98 Å². The fraction of sp³-hybridized carbons (Fsp3) is 0.0909. The summed E-state index contributed by atoms with van der Waals surface area (Å²) in [4.78, 5) is 14.9. The number of hydrogen-bond donors (Lipinski definition) is 2. The zero-order valence-corrected chi connectivity index (χ0v) is 11.7. The molecule has 94 valence electrons. The van der Waals surface area contributed by atoms with Gasteiger partial charge >= 0.3 is 5.97 Å². The maximum absolute atomic E-state index is 10.7. The van der Waals surface area contributed by atoms with Crippen LogP contribution < -0.4 is 10.1 Å². The van der Waals surface area contributed by atoms with Crippen LogP contribution in [0.5, 0.6) is 5.75 Å². The molecule has 1 heterocycles. The van der Waals surface area contributed by atoms with Gasteiger partial charge in [-0.3, -0.25) is 0 Å². The van der Waals surface area contributed by atoms with Crippen LogP contribution in [-0.2, 0) is 0 Å². The number of ether oxygens (including phenoxy) is 1. The van der Waals surface area contributed by atoms with Crippen LogP contribution in [0.2, 0.25) is 0 Å². The predicted molar refractivity (Wildman–Crippen MR) is 73.1 cm³/mol. The molecule has 1 aromatic heterocycles. The molecule has 0 amide bonds. The molecule has 0 atom stereocenters. The number of nitrogens with one attached hydrogen (secondary N) is 1. The summed E-state index contributed by atoms with van der Waals surface area (Å²) >= 11 is 4.47. The van der Waals surface area contributed by atoms with Crippen LogP contribution in [0.4, 0.5) is 10.8 Å². The minimum Gasteiger partial charge on any atom is -0.497 e. The van der Waals surface area contributed by atoms with Crippen LogP contribution in [0.3, 0.4) is 0 Å². The molecule has 7 heteroatoms. The minimum absolute atomic E-state index is 0.191. The van der Waals surface area contributed by atoms with E-state index in [0.717, 1.165) is 21.5 Å². The highest BCUT2D eigenvalue weighted by Crippen LogP contribution is 2.31. The summed E-state index contributed by atoms with van der Waals surface area (Å²) in [7, 11) is 1.58. The number of aromatic carboxylic acids is 1. The third-order valence-corrected chi connectivity index (χ3v) is 3.72. The van der Waals surface area contributed by atoms with E-state index in [1.165, 1.54) is 6.20 Å². The quantitative estimate of drug-likeness (QED) is 0.900. The molecule has 2 N–H and O–H groups in total. The van der Waals surface area contributed by atoms with Gasteiger partial charge in [0.2, 0.25) is 0 Å². The van der Waals surface area contributed by atoms with E-state index in [1.54, 1.807) is 13.2 Å². The van der Waals surface area contributed by atoms with Gasteiger partial charge in [0.25, 0.3) is 0 Å². The van der Waals surface area contributed by atoms with Crippen molar-refractivity contribution in [2.75, 3.05) is 12.4 Å². The molecule has 0 unspecified atom stereocenters. The monoisotopic (exact) mass is 328 g/mol. The zero-order chi connectivity index (χ0) is 13.1. The number of carboxylic acids is 1. The first-order valence-corrected chi connectivity index (χ1v) is 6.51. The van der Waals surface area contributed by atoms with Gasteiger partial charge in [-0.15, -0.1) is 0 Å². The van der Waals surface area contributed by atoms with E-state index in [9.17, 15) is 4.79 Å². The number of halogens is 1. The zero-order valence-electron chi connectivity index (χ0n) is 9.31. The molecular weight excluding hydrogens is 320 g/mol. The Kier molecular flexibility index (Phi) is 3.83. The Hall–Kier alpha value is -1.60. The normalized spacial score (nSPS) is 10.1. The lowest BCUT2D eigenvalue weighted by atomic mass is 10.3. The fourth-order valence-electron chi connectivity index (χ4n) is 1.27. The number of hydrogen-bond acceptors (Lipinski definition) is 5. The largest absolute Gasteiger partial charge is 0.497 e. The fourth-order valence-corrected chi connectivity index (χ4v) is 2.29. The van der Waals surface area contributed by atoms with Crippen molar-refractivity contribution in [3.8, 4) is 5.75 Å². The molecule has 2 rings (SSSR count). The number of benzene rings is 1. The lowest BCUT2D eigenvalue weighted by Gasteiger charge is -2.07. The third kappa shape index (κ3) is 2.80. The summed E-state index contributed by atoms with van der Waals surface area (Å²) in [6.07, 6.45) is 1.32. The van der Waals surface area contributed by atoms with Crippen molar-refractivity contribution < 1.29 is 14.6 Å². The van der Waals surface area contributed by atoms with Crippen molar-refractivity contribution in [3.63, 3.8) is 0 Å². The number of carbonyl (C=O) groups is 1. The van der Waals surface area contributed by atoms with E-state index in [1.807, 2.05) is 12.1 Å². The molecule has 2 aromatic rings. The van der Waals surface area contributed by atoms with Crippen molar-refractivity contribution in [3.05, 3.63) is 33.7 Å². The minimum atomic E-state index is -0.981. The van der Waals surface area contributed by atoms with E-state index in [0.29, 0.717) is 10.9 Å². The Balaban J connectivity index is 2.24. The van der Waals surface area contributed by atoms with E-state index in [-0.39, 0.29) is 4.88 Å². The van der Waals surface area contributed by atoms with E-state index < -0.39 is 5.97 Å². The van der Waals surface area contributed by atoms with Gasteiger partial charge in [0.15, 0.2) is 5.13 Å². The maximum atomic E-state index is 10.7. The second-order valence-electron chi connectivity index (χ2n) is 3.31. The van der Waals surface area contributed by atoms with E-state index in [2.05, 4.69) is 26.2 Å². The van der Waals surface area contributed by atoms with Crippen LogP contribution in [0.15, 0.2) is 28.9 Å². The summed E-state index contributed by atoms with van der Waals surface area (Å²) in [6, 6.07) is 5.46. The van der Waals surface area contributed by atoms with Crippen molar-refractivity contribution in [1.29, 1.82) is 0 Å². The molecule has 18 heavy (non-hydrogen) atoms. The lowest BCUT2D eigenvalue weighted by molar-refractivity contribution is 0.0702. The molecule has 0 bridgehead atoms. The Morgan fingerprint density at radius 2 is 2.33 bits per heavy atom. The molecule has 0 radical (unpaired) electrons. The Bertz CT molecular complexity index is 585. The molecule has 5 nitrogen and oxygen atoms in total. The average molecular weight is 329 g/mol. The molecule has 0 spiro atoms. The molecular formula is C11H9BrN2O3S. The van der Waals surface area contributed by atoms with E-state index >= 15 is 0 Å². The van der Waals surface area contributed by atoms with E-state index in [4.69, 9.17) is 9.84 Å². The maximum Gasteiger partial charge on any atom is 0.347 e. The van der Waals surface area contributed by atoms with Gasteiger partial charge in [-0.1, -0.05) is 11.3 Å². The van der Waals surface area contributed by atoms with Crippen LogP contribution in [-0.4, -0.2) is 23.2 Å². The van der Waals surface area contributed by atoms with Gasteiger partial charge in [0.1, 0.15) is 10.6 Å². The molecule has 0 saturated carbocycles. The summed E-state index contributed by atoms with van der Waals surface area (Å²) in [6.45, 7) is 0. The second kappa shape index (κ2) is 5.36. The number of thiazole rings is 1. The number of anilines is 2. The molecule has 0 saturated heterocycles. The second-order valence-corrected chi connectivity index (χ2v) is 5.19. The summed E-state index contributed by atoms with van der Waals surface area (Å²) < 4.78 is 5.96. The van der Waals surface area contributed by atoms with Crippen molar-refractivity contribution in [2.45, 2.75) is 0 Å². The first kappa shape index (κ1) is 12.8. The Morgan fingerprint density at radius 1 is 1.56 bits per heavy atom. The highest BCUT2D eigenvalue weighted by molar-refractivity contribution is 9.10. The number of rotatable bonds is 4. The third-order valence-electron chi connectivity index (χ3n) is 2.13. The highest BCUT2D eigenvalue weighted by atomic mass is 79.9. The standard InChI is InChI=1S/C11H9BrN2O3S/c1-17-6-2-3-7(12)8(4-6)14-11-13-5-9(18-11)10(15)16/h2-5H,1H3,(H,13,14)(H,15,16). The topological polar surface area (TPSA) is 71.5 Å². The van der Waals surface area contributed by atoms with Gasteiger partial charge in [0, 0.05) is 10.5 Å². The number of nitrogens with zero attached hydrogens (tertiary/aromatic N) is 1. The number of aromatic nitrogens is 1. The molecule has 0 fully saturated rings. The Labute approximate surface area is 116 Å². The highest BCUT2D eigenvalue weighted by Gasteiger charge is 2.10. The van der Waals surface area contributed by atoms with Gasteiger partial charge in [-0.05, 0) is 28.1 Å². The van der Waals surface area contributed by atoms with Gasteiger partial charge < -0.3 is 15.2 Å². The Morgan fingerprint density at radius 3 is 2.94 bits per heavy atom. The summed E-state index contributed by atoms with van der Waals surface area (Å²) in [5, 5.41) is 12.4. The van der Waals surface area contributed by atoms with Gasteiger partial charge in [0.05, 0.1) is 19.0 Å². The number of carboxylic acid groups (broad SMARTS) is 1. The smallest absolute Gasteiger partial charge is 0.347 e. The molecule has 0 aliphatic carbocycles. The first-order valence-electron chi connectivity index (χ1n) is 4.90. The predicted octanol–water partition coefficient (Wildman–Crippen LogP) is 3.36. The van der Waals surface area contributed by atoms with Crippen LogP contribution in [0, 0.1) is 0 Å². The van der Waals surface area contributed by atoms with Crippen molar-refractivity contribution >= 4 is 44.1 Å². The van der Waals surface area contributed by atoms with Crippen LogP contribution in [0.1, 0.15) is 9.67 Å². The van der Waals surface area contributed by atoms with Crippen LogP contribution in [0.25, 0.3) is 0 Å². The summed E-state index contributed by atoms with van der Waals surface area (Å²) in [5.74, 6) is -0.277. The average Bonchev–Trinajstić information content (AvgIpc) is 2.81. The SMILES string of the molecule is COc1ccc(Br)c(Nc2ncc(C(=O)O)s2)c1.